The molecule has 1 saturated heterocycles. The van der Waals surface area contributed by atoms with E-state index in [1.165, 1.54) is 4.90 Å². The van der Waals surface area contributed by atoms with Crippen LogP contribution in [-0.4, -0.2) is 49.1 Å². The molecule has 2 aromatic rings. The molecule has 2 aromatic carbocycles. The number of fused-ring (bicyclic) bond motifs is 1. The smallest absolute Gasteiger partial charge is 0.265 e. The Bertz CT molecular complexity index is 889. The molecule has 0 aliphatic carbocycles. The average molecular weight is 401 g/mol. The van der Waals surface area contributed by atoms with Crippen molar-refractivity contribution in [2.45, 2.75) is 19.1 Å². The predicted octanol–water partition coefficient (Wildman–Crippen LogP) is 3.05. The van der Waals surface area contributed by atoms with Gasteiger partial charge in [0.2, 0.25) is 5.91 Å². The third-order valence-electron chi connectivity index (χ3n) is 4.94. The third kappa shape index (κ3) is 3.84. The minimum absolute atomic E-state index is 0.0518. The molecule has 0 radical (unpaired) electrons. The van der Waals surface area contributed by atoms with Crippen molar-refractivity contribution < 1.29 is 19.1 Å². The average Bonchev–Trinajstić information content (AvgIpc) is 2.70. The minimum atomic E-state index is -0.260. The number of hydrogen-bond donors (Lipinski definition) is 0. The van der Waals surface area contributed by atoms with Crippen LogP contribution < -0.4 is 9.64 Å². The van der Waals surface area contributed by atoms with Crippen LogP contribution >= 0.6 is 11.6 Å². The first kappa shape index (κ1) is 18.8. The Hall–Kier alpha value is -2.57. The van der Waals surface area contributed by atoms with Crippen LogP contribution in [0.5, 0.6) is 5.75 Å². The molecule has 0 spiro atoms. The Morgan fingerprint density at radius 3 is 2.75 bits per heavy atom. The minimum Gasteiger partial charge on any atom is -0.482 e. The maximum absolute atomic E-state index is 13.0. The van der Waals surface area contributed by atoms with Gasteiger partial charge in [-0.15, -0.1) is 0 Å². The quantitative estimate of drug-likeness (QED) is 0.794. The van der Waals surface area contributed by atoms with Crippen LogP contribution in [0.25, 0.3) is 0 Å². The lowest BCUT2D eigenvalue weighted by molar-refractivity contribution is -0.144. The van der Waals surface area contributed by atoms with Gasteiger partial charge < -0.3 is 14.4 Å². The van der Waals surface area contributed by atoms with Crippen molar-refractivity contribution in [1.29, 1.82) is 0 Å². The first-order valence-corrected chi connectivity index (χ1v) is 9.60. The molecule has 146 valence electrons. The zero-order valence-electron chi connectivity index (χ0n) is 15.5. The molecule has 0 saturated carbocycles. The third-order valence-corrected chi connectivity index (χ3v) is 5.18. The number of carbonyl (C=O) groups excluding carboxylic acids is 2. The number of anilines is 1. The molecule has 2 aliphatic rings. The van der Waals surface area contributed by atoms with E-state index in [-0.39, 0.29) is 37.2 Å². The largest absolute Gasteiger partial charge is 0.482 e. The Morgan fingerprint density at radius 1 is 1.18 bits per heavy atom. The van der Waals surface area contributed by atoms with Crippen molar-refractivity contribution in [2.75, 3.05) is 31.1 Å². The van der Waals surface area contributed by atoms with E-state index >= 15 is 0 Å². The normalized spacial score (nSPS) is 21.9. The van der Waals surface area contributed by atoms with Crippen LogP contribution in [0.3, 0.4) is 0 Å². The molecule has 4 rings (SSSR count). The highest BCUT2D eigenvalue weighted by atomic mass is 35.5. The molecule has 0 unspecified atom stereocenters. The molecule has 0 bridgehead atoms. The van der Waals surface area contributed by atoms with Crippen LogP contribution in [0.2, 0.25) is 5.02 Å². The second-order valence-corrected chi connectivity index (χ2v) is 7.46. The Labute approximate surface area is 168 Å². The lowest BCUT2D eigenvalue weighted by Gasteiger charge is -2.38. The number of rotatable bonds is 3. The van der Waals surface area contributed by atoms with Gasteiger partial charge in [0.1, 0.15) is 18.4 Å². The van der Waals surface area contributed by atoms with E-state index in [1.54, 1.807) is 23.1 Å². The number of morpholine rings is 1. The number of hydrogen-bond acceptors (Lipinski definition) is 4. The number of carbonyl (C=O) groups is 2. The van der Waals surface area contributed by atoms with Crippen LogP contribution in [0.15, 0.2) is 48.5 Å². The molecule has 0 N–H and O–H groups in total. The van der Waals surface area contributed by atoms with Crippen molar-refractivity contribution in [3.05, 3.63) is 59.1 Å². The Kier molecular flexibility index (Phi) is 5.24. The maximum Gasteiger partial charge on any atom is 0.265 e. The molecule has 2 aliphatic heterocycles. The maximum atomic E-state index is 13.0. The summed E-state index contributed by atoms with van der Waals surface area (Å²) in [5, 5.41) is 0.485. The van der Waals surface area contributed by atoms with Gasteiger partial charge in [-0.25, -0.2) is 0 Å². The lowest BCUT2D eigenvalue weighted by Crippen LogP contribution is -2.51. The lowest BCUT2D eigenvalue weighted by atomic mass is 10.1. The van der Waals surface area contributed by atoms with Gasteiger partial charge in [-0.1, -0.05) is 41.9 Å². The van der Waals surface area contributed by atoms with Crippen LogP contribution in [-0.2, 0) is 14.3 Å². The second kappa shape index (κ2) is 7.81. The first-order chi connectivity index (χ1) is 13.5. The zero-order chi connectivity index (χ0) is 19.7. The molecular weight excluding hydrogens is 380 g/mol. The fourth-order valence-corrected chi connectivity index (χ4v) is 3.76. The standard InChI is InChI=1S/C21H21ClN2O4/c1-14-10-23(11-19(28-14)15-5-3-2-4-6-15)20(25)12-24-17-9-16(22)7-8-18(17)27-13-21(24)26/h2-9,14,19H,10-13H2,1H3/t14-,19+/m0/s1. The van der Waals surface area contributed by atoms with Gasteiger partial charge in [0.05, 0.1) is 18.3 Å². The van der Waals surface area contributed by atoms with Gasteiger partial charge in [0.25, 0.3) is 5.91 Å². The summed E-state index contributed by atoms with van der Waals surface area (Å²) in [5.74, 6) is 0.163. The van der Waals surface area contributed by atoms with E-state index in [4.69, 9.17) is 21.1 Å². The summed E-state index contributed by atoms with van der Waals surface area (Å²) in [6.07, 6.45) is -0.277. The van der Waals surface area contributed by atoms with E-state index in [2.05, 4.69) is 0 Å². The molecule has 2 amide bonds. The van der Waals surface area contributed by atoms with Gasteiger partial charge in [0, 0.05) is 11.6 Å². The predicted molar refractivity (Wildman–Crippen MR) is 106 cm³/mol. The van der Waals surface area contributed by atoms with E-state index in [0.29, 0.717) is 29.5 Å². The van der Waals surface area contributed by atoms with Crippen LogP contribution in [0.4, 0.5) is 5.69 Å². The molecular formula is C21H21ClN2O4. The van der Waals surface area contributed by atoms with E-state index in [1.807, 2.05) is 37.3 Å². The number of benzene rings is 2. The first-order valence-electron chi connectivity index (χ1n) is 9.22. The topological polar surface area (TPSA) is 59.1 Å². The molecule has 2 atom stereocenters. The van der Waals surface area contributed by atoms with E-state index in [9.17, 15) is 9.59 Å². The summed E-state index contributed by atoms with van der Waals surface area (Å²) < 4.78 is 11.5. The Balaban J connectivity index is 1.52. The van der Waals surface area contributed by atoms with Crippen LogP contribution in [0.1, 0.15) is 18.6 Å². The van der Waals surface area contributed by atoms with E-state index in [0.717, 1.165) is 5.56 Å². The number of amides is 2. The van der Waals surface area contributed by atoms with Crippen LogP contribution in [0, 0.1) is 0 Å². The molecule has 2 heterocycles. The number of ether oxygens (including phenoxy) is 2. The molecule has 6 nitrogen and oxygen atoms in total. The van der Waals surface area contributed by atoms with Crippen molar-refractivity contribution >= 4 is 29.1 Å². The van der Waals surface area contributed by atoms with Crippen molar-refractivity contribution in [3.8, 4) is 5.75 Å². The highest BCUT2D eigenvalue weighted by Gasteiger charge is 2.33. The second-order valence-electron chi connectivity index (χ2n) is 7.03. The van der Waals surface area contributed by atoms with Gasteiger partial charge >= 0.3 is 0 Å². The fraction of sp³-hybridized carbons (Fsp3) is 0.333. The van der Waals surface area contributed by atoms with E-state index < -0.39 is 0 Å². The van der Waals surface area contributed by atoms with Crippen molar-refractivity contribution in [3.63, 3.8) is 0 Å². The summed E-state index contributed by atoms with van der Waals surface area (Å²) in [6.45, 7) is 2.75. The molecule has 7 heteroatoms. The summed E-state index contributed by atoms with van der Waals surface area (Å²) in [4.78, 5) is 28.6. The highest BCUT2D eigenvalue weighted by Crippen LogP contribution is 2.34. The SMILES string of the molecule is C[C@H]1CN(C(=O)CN2C(=O)COc3ccc(Cl)cc32)C[C@H](c2ccccc2)O1. The number of nitrogens with zero attached hydrogens (tertiary/aromatic N) is 2. The Morgan fingerprint density at radius 2 is 1.96 bits per heavy atom. The van der Waals surface area contributed by atoms with Crippen molar-refractivity contribution in [1.82, 2.24) is 4.90 Å². The summed E-state index contributed by atoms with van der Waals surface area (Å²) in [6, 6.07) is 14.9. The molecule has 1 fully saturated rings. The monoisotopic (exact) mass is 400 g/mol. The summed E-state index contributed by atoms with van der Waals surface area (Å²) in [5.41, 5.74) is 1.56. The van der Waals surface area contributed by atoms with Gasteiger partial charge in [-0.05, 0) is 30.7 Å². The number of halogens is 1. The van der Waals surface area contributed by atoms with Gasteiger partial charge in [-0.3, -0.25) is 14.5 Å². The zero-order valence-corrected chi connectivity index (χ0v) is 16.3. The summed E-state index contributed by atoms with van der Waals surface area (Å²) >= 11 is 6.08. The van der Waals surface area contributed by atoms with Gasteiger partial charge in [-0.2, -0.15) is 0 Å². The molecule has 0 aromatic heterocycles. The fourth-order valence-electron chi connectivity index (χ4n) is 3.59. The van der Waals surface area contributed by atoms with Gasteiger partial charge in [0.15, 0.2) is 6.61 Å². The highest BCUT2D eigenvalue weighted by molar-refractivity contribution is 6.31. The summed E-state index contributed by atoms with van der Waals surface area (Å²) in [7, 11) is 0. The van der Waals surface area contributed by atoms with Crippen molar-refractivity contribution in [2.24, 2.45) is 0 Å². The molecule has 28 heavy (non-hydrogen) atoms.